The molecule has 0 aliphatic carbocycles. The number of sulfone groups is 1. The SMILES string of the molecule is CCCn1cc(C(NC)C(C)S(C)(=O)=O)cn1. The molecular weight excluding hydrogens is 238 g/mol. The summed E-state index contributed by atoms with van der Waals surface area (Å²) in [5.74, 6) is 0. The van der Waals surface area contributed by atoms with Crippen LogP contribution in [0.25, 0.3) is 0 Å². The van der Waals surface area contributed by atoms with Crippen LogP contribution in [0.4, 0.5) is 0 Å². The minimum absolute atomic E-state index is 0.212. The van der Waals surface area contributed by atoms with Crippen LogP contribution in [0.1, 0.15) is 31.9 Å². The van der Waals surface area contributed by atoms with Crippen LogP contribution < -0.4 is 5.32 Å². The van der Waals surface area contributed by atoms with Gasteiger partial charge in [-0.05, 0) is 20.4 Å². The van der Waals surface area contributed by atoms with Crippen LogP contribution >= 0.6 is 0 Å². The van der Waals surface area contributed by atoms with Crippen LogP contribution in [-0.2, 0) is 16.4 Å². The van der Waals surface area contributed by atoms with Gasteiger partial charge in [0.05, 0.1) is 17.5 Å². The maximum absolute atomic E-state index is 11.6. The summed E-state index contributed by atoms with van der Waals surface area (Å²) in [6, 6.07) is -0.212. The number of aryl methyl sites for hydroxylation is 1. The second kappa shape index (κ2) is 5.64. The van der Waals surface area contributed by atoms with E-state index in [-0.39, 0.29) is 6.04 Å². The molecule has 5 nitrogen and oxygen atoms in total. The first kappa shape index (κ1) is 14.2. The summed E-state index contributed by atoms with van der Waals surface area (Å²) < 4.78 is 25.0. The molecule has 0 radical (unpaired) electrons. The van der Waals surface area contributed by atoms with Crippen molar-refractivity contribution in [3.63, 3.8) is 0 Å². The van der Waals surface area contributed by atoms with Crippen LogP contribution in [0.5, 0.6) is 0 Å². The average molecular weight is 259 g/mol. The van der Waals surface area contributed by atoms with Gasteiger partial charge in [0.1, 0.15) is 0 Å². The molecule has 1 aromatic rings. The normalized spacial score (nSPS) is 15.8. The Morgan fingerprint density at radius 2 is 2.18 bits per heavy atom. The van der Waals surface area contributed by atoms with Crippen LogP contribution in [0, 0.1) is 0 Å². The second-order valence-corrected chi connectivity index (χ2v) is 6.74. The van der Waals surface area contributed by atoms with Crippen molar-refractivity contribution < 1.29 is 8.42 Å². The molecule has 0 saturated carbocycles. The molecule has 0 aliphatic heterocycles. The zero-order valence-electron chi connectivity index (χ0n) is 10.8. The third kappa shape index (κ3) is 3.54. The molecule has 1 aromatic heterocycles. The van der Waals surface area contributed by atoms with E-state index in [1.54, 1.807) is 20.2 Å². The minimum atomic E-state index is -3.06. The molecule has 2 atom stereocenters. The molecule has 0 bridgehead atoms. The highest BCUT2D eigenvalue weighted by Gasteiger charge is 2.26. The van der Waals surface area contributed by atoms with Crippen molar-refractivity contribution in [3.05, 3.63) is 18.0 Å². The predicted molar refractivity (Wildman–Crippen MR) is 68.6 cm³/mol. The molecule has 1 heterocycles. The highest BCUT2D eigenvalue weighted by Crippen LogP contribution is 2.20. The van der Waals surface area contributed by atoms with E-state index < -0.39 is 15.1 Å². The van der Waals surface area contributed by atoms with Gasteiger partial charge in [-0.2, -0.15) is 5.10 Å². The van der Waals surface area contributed by atoms with Gasteiger partial charge >= 0.3 is 0 Å². The van der Waals surface area contributed by atoms with Crippen molar-refractivity contribution in [2.24, 2.45) is 0 Å². The summed E-state index contributed by atoms with van der Waals surface area (Å²) in [6.45, 7) is 4.65. The summed E-state index contributed by atoms with van der Waals surface area (Å²) in [7, 11) is -1.30. The Morgan fingerprint density at radius 3 is 2.65 bits per heavy atom. The Balaban J connectivity index is 2.93. The Labute approximate surface area is 103 Å². The number of nitrogens with zero attached hydrogens (tertiary/aromatic N) is 2. The molecule has 17 heavy (non-hydrogen) atoms. The van der Waals surface area contributed by atoms with Gasteiger partial charge in [-0.1, -0.05) is 6.92 Å². The summed E-state index contributed by atoms with van der Waals surface area (Å²) in [5.41, 5.74) is 0.916. The van der Waals surface area contributed by atoms with Gasteiger partial charge in [0.2, 0.25) is 0 Å². The minimum Gasteiger partial charge on any atom is -0.312 e. The number of hydrogen-bond acceptors (Lipinski definition) is 4. The molecule has 0 aromatic carbocycles. The lowest BCUT2D eigenvalue weighted by atomic mass is 10.1. The molecule has 0 spiro atoms. The van der Waals surface area contributed by atoms with Crippen molar-refractivity contribution >= 4 is 9.84 Å². The van der Waals surface area contributed by atoms with E-state index in [9.17, 15) is 8.42 Å². The molecule has 6 heteroatoms. The standard InChI is InChI=1S/C11H21N3O2S/c1-5-6-14-8-10(7-13-14)11(12-3)9(2)17(4,15)16/h7-9,11-12H,5-6H2,1-4H3. The number of aromatic nitrogens is 2. The molecule has 98 valence electrons. The molecule has 1 N–H and O–H groups in total. The first-order chi connectivity index (χ1) is 7.90. The summed E-state index contributed by atoms with van der Waals surface area (Å²) in [4.78, 5) is 0. The monoisotopic (exact) mass is 259 g/mol. The Hall–Kier alpha value is -0.880. The Kier molecular flexibility index (Phi) is 4.70. The lowest BCUT2D eigenvalue weighted by Gasteiger charge is -2.20. The van der Waals surface area contributed by atoms with Gasteiger partial charge in [-0.3, -0.25) is 4.68 Å². The lowest BCUT2D eigenvalue weighted by Crippen LogP contribution is -2.32. The lowest BCUT2D eigenvalue weighted by molar-refractivity contribution is 0.533. The molecule has 2 unspecified atom stereocenters. The predicted octanol–water partition coefficient (Wildman–Crippen LogP) is 0.987. The number of rotatable bonds is 6. The van der Waals surface area contributed by atoms with E-state index in [2.05, 4.69) is 17.3 Å². The first-order valence-corrected chi connectivity index (χ1v) is 7.74. The number of hydrogen-bond donors (Lipinski definition) is 1. The van der Waals surface area contributed by atoms with Crippen molar-refractivity contribution in [2.45, 2.75) is 38.1 Å². The Morgan fingerprint density at radius 1 is 1.53 bits per heavy atom. The summed E-state index contributed by atoms with van der Waals surface area (Å²) in [6.07, 6.45) is 5.91. The smallest absolute Gasteiger partial charge is 0.151 e. The van der Waals surface area contributed by atoms with Crippen molar-refractivity contribution in [3.8, 4) is 0 Å². The average Bonchev–Trinajstić information content (AvgIpc) is 2.67. The summed E-state index contributed by atoms with van der Waals surface area (Å²) in [5, 5.41) is 6.80. The molecule has 0 fully saturated rings. The van der Waals surface area contributed by atoms with E-state index in [4.69, 9.17) is 0 Å². The maximum atomic E-state index is 11.6. The molecule has 0 aliphatic rings. The van der Waals surface area contributed by atoms with Gasteiger partial charge < -0.3 is 5.32 Å². The van der Waals surface area contributed by atoms with E-state index in [0.717, 1.165) is 18.5 Å². The van der Waals surface area contributed by atoms with E-state index in [0.29, 0.717) is 0 Å². The fourth-order valence-electron chi connectivity index (χ4n) is 1.81. The van der Waals surface area contributed by atoms with E-state index in [1.807, 2.05) is 10.9 Å². The van der Waals surface area contributed by atoms with Gasteiger partial charge in [-0.15, -0.1) is 0 Å². The zero-order chi connectivity index (χ0) is 13.1. The van der Waals surface area contributed by atoms with Crippen LogP contribution in [-0.4, -0.2) is 36.8 Å². The molecule has 1 rings (SSSR count). The Bertz CT molecular complexity index is 453. The first-order valence-electron chi connectivity index (χ1n) is 5.78. The molecule has 0 saturated heterocycles. The van der Waals surface area contributed by atoms with Crippen molar-refractivity contribution in [1.29, 1.82) is 0 Å². The van der Waals surface area contributed by atoms with E-state index in [1.165, 1.54) is 6.26 Å². The van der Waals surface area contributed by atoms with Crippen molar-refractivity contribution in [1.82, 2.24) is 15.1 Å². The summed E-state index contributed by atoms with van der Waals surface area (Å²) >= 11 is 0. The van der Waals surface area contributed by atoms with Gasteiger partial charge in [-0.25, -0.2) is 8.42 Å². The van der Waals surface area contributed by atoms with Crippen LogP contribution in [0.3, 0.4) is 0 Å². The zero-order valence-corrected chi connectivity index (χ0v) is 11.7. The second-order valence-electron chi connectivity index (χ2n) is 4.34. The quantitative estimate of drug-likeness (QED) is 0.827. The molecule has 0 amide bonds. The third-order valence-corrected chi connectivity index (χ3v) is 4.54. The van der Waals surface area contributed by atoms with Gasteiger partial charge in [0.15, 0.2) is 9.84 Å². The highest BCUT2D eigenvalue weighted by atomic mass is 32.2. The molecular formula is C11H21N3O2S. The third-order valence-electron chi connectivity index (χ3n) is 2.92. The highest BCUT2D eigenvalue weighted by molar-refractivity contribution is 7.91. The van der Waals surface area contributed by atoms with Gasteiger partial charge in [0, 0.05) is 24.6 Å². The largest absolute Gasteiger partial charge is 0.312 e. The van der Waals surface area contributed by atoms with Crippen molar-refractivity contribution in [2.75, 3.05) is 13.3 Å². The fourth-order valence-corrected chi connectivity index (χ4v) is 2.60. The van der Waals surface area contributed by atoms with Gasteiger partial charge in [0.25, 0.3) is 0 Å². The van der Waals surface area contributed by atoms with E-state index >= 15 is 0 Å². The van der Waals surface area contributed by atoms with Crippen LogP contribution in [0.2, 0.25) is 0 Å². The fraction of sp³-hybridized carbons (Fsp3) is 0.727. The van der Waals surface area contributed by atoms with Crippen LogP contribution in [0.15, 0.2) is 12.4 Å². The number of nitrogens with one attached hydrogen (secondary N) is 1. The maximum Gasteiger partial charge on any atom is 0.151 e. The topological polar surface area (TPSA) is 64.0 Å².